The summed E-state index contributed by atoms with van der Waals surface area (Å²) >= 11 is 1.82. The highest BCUT2D eigenvalue weighted by Gasteiger charge is 2.20. The van der Waals surface area contributed by atoms with Crippen LogP contribution in [0.25, 0.3) is 0 Å². The van der Waals surface area contributed by atoms with Gasteiger partial charge in [0.25, 0.3) is 11.6 Å². The van der Waals surface area contributed by atoms with Gasteiger partial charge < -0.3 is 5.32 Å². The molecule has 19 heavy (non-hydrogen) atoms. The highest BCUT2D eigenvalue weighted by molar-refractivity contribution is 7.99. The van der Waals surface area contributed by atoms with Gasteiger partial charge in [0.2, 0.25) is 0 Å². The Bertz CT molecular complexity index is 504. The number of carbonyl (C=O) groups excluding carboxylic acids is 1. The van der Waals surface area contributed by atoms with E-state index in [1.807, 2.05) is 11.8 Å². The second-order valence-corrected chi connectivity index (χ2v) is 5.51. The van der Waals surface area contributed by atoms with E-state index in [1.54, 1.807) is 0 Å². The quantitative estimate of drug-likeness (QED) is 0.679. The standard InChI is InChI=1S/C12H13FN2O3S/c13-11-2-1-9(15(17)18)5-10(11)12(16)14-6-8-3-4-19-7-8/h1-2,5,8H,3-4,6-7H2,(H,14,16). The molecule has 1 saturated heterocycles. The first kappa shape index (κ1) is 13.8. The second kappa shape index (κ2) is 6.01. The smallest absolute Gasteiger partial charge is 0.270 e. The lowest BCUT2D eigenvalue weighted by Crippen LogP contribution is -2.30. The largest absolute Gasteiger partial charge is 0.352 e. The maximum Gasteiger partial charge on any atom is 0.270 e. The van der Waals surface area contributed by atoms with Crippen molar-refractivity contribution in [3.05, 3.63) is 39.7 Å². The Morgan fingerprint density at radius 1 is 1.58 bits per heavy atom. The van der Waals surface area contributed by atoms with Crippen molar-refractivity contribution in [2.24, 2.45) is 5.92 Å². The number of benzene rings is 1. The van der Waals surface area contributed by atoms with Gasteiger partial charge in [0.05, 0.1) is 10.5 Å². The van der Waals surface area contributed by atoms with Crippen LogP contribution in [0.5, 0.6) is 0 Å². The Morgan fingerprint density at radius 3 is 3.00 bits per heavy atom. The van der Waals surface area contributed by atoms with Gasteiger partial charge >= 0.3 is 0 Å². The van der Waals surface area contributed by atoms with E-state index in [1.165, 1.54) is 0 Å². The number of non-ortho nitro benzene ring substituents is 1. The normalized spacial score (nSPS) is 18.3. The van der Waals surface area contributed by atoms with Crippen LogP contribution in [-0.2, 0) is 0 Å². The molecule has 1 aliphatic rings. The maximum atomic E-state index is 13.5. The summed E-state index contributed by atoms with van der Waals surface area (Å²) in [6.45, 7) is 0.480. The molecule has 1 atom stereocenters. The third kappa shape index (κ3) is 3.44. The summed E-state index contributed by atoms with van der Waals surface area (Å²) in [5.74, 6) is 1.11. The summed E-state index contributed by atoms with van der Waals surface area (Å²) in [6, 6.07) is 2.95. The minimum Gasteiger partial charge on any atom is -0.352 e. The van der Waals surface area contributed by atoms with E-state index in [0.29, 0.717) is 12.5 Å². The highest BCUT2D eigenvalue weighted by Crippen LogP contribution is 2.23. The molecule has 0 radical (unpaired) electrons. The number of hydrogen-bond donors (Lipinski definition) is 1. The van der Waals surface area contributed by atoms with E-state index in [2.05, 4.69) is 5.32 Å². The van der Waals surface area contributed by atoms with Crippen LogP contribution in [-0.4, -0.2) is 28.9 Å². The van der Waals surface area contributed by atoms with Crippen LogP contribution in [0, 0.1) is 21.8 Å². The maximum absolute atomic E-state index is 13.5. The van der Waals surface area contributed by atoms with Gasteiger partial charge in [0, 0.05) is 18.7 Å². The molecule has 0 aromatic heterocycles. The van der Waals surface area contributed by atoms with Gasteiger partial charge in [-0.3, -0.25) is 14.9 Å². The second-order valence-electron chi connectivity index (χ2n) is 4.36. The summed E-state index contributed by atoms with van der Waals surface area (Å²) in [5.41, 5.74) is -0.567. The van der Waals surface area contributed by atoms with E-state index < -0.39 is 16.6 Å². The Balaban J connectivity index is 2.04. The summed E-state index contributed by atoms with van der Waals surface area (Å²) in [6.07, 6.45) is 1.03. The molecule has 2 rings (SSSR count). The van der Waals surface area contributed by atoms with E-state index in [4.69, 9.17) is 0 Å². The number of nitro benzene ring substituents is 1. The predicted octanol–water partition coefficient (Wildman–Crippen LogP) is 2.22. The van der Waals surface area contributed by atoms with Crippen LogP contribution in [0.3, 0.4) is 0 Å². The first-order chi connectivity index (χ1) is 9.08. The van der Waals surface area contributed by atoms with Crippen molar-refractivity contribution < 1.29 is 14.1 Å². The lowest BCUT2D eigenvalue weighted by atomic mass is 10.1. The molecule has 1 aromatic rings. The SMILES string of the molecule is O=C(NCC1CCSC1)c1cc([N+](=O)[O-])ccc1F. The number of amides is 1. The molecule has 0 aliphatic carbocycles. The Kier molecular flexibility index (Phi) is 4.36. The number of rotatable bonds is 4. The molecule has 1 N–H and O–H groups in total. The van der Waals surface area contributed by atoms with Crippen molar-refractivity contribution in [1.29, 1.82) is 0 Å². The predicted molar refractivity (Wildman–Crippen MR) is 70.8 cm³/mol. The monoisotopic (exact) mass is 284 g/mol. The number of nitrogens with zero attached hydrogens (tertiary/aromatic N) is 1. The molecule has 1 aliphatic heterocycles. The first-order valence-electron chi connectivity index (χ1n) is 5.88. The third-order valence-electron chi connectivity index (χ3n) is 2.98. The van der Waals surface area contributed by atoms with Gasteiger partial charge in [-0.25, -0.2) is 4.39 Å². The average molecular weight is 284 g/mol. The Hall–Kier alpha value is -1.63. The van der Waals surface area contributed by atoms with Crippen LogP contribution in [0.2, 0.25) is 0 Å². The summed E-state index contributed by atoms with van der Waals surface area (Å²) in [7, 11) is 0. The molecule has 1 aromatic carbocycles. The zero-order valence-electron chi connectivity index (χ0n) is 10.1. The molecule has 1 unspecified atom stereocenters. The molecule has 7 heteroatoms. The molecule has 0 bridgehead atoms. The molecular weight excluding hydrogens is 271 g/mol. The lowest BCUT2D eigenvalue weighted by molar-refractivity contribution is -0.384. The number of hydrogen-bond acceptors (Lipinski definition) is 4. The molecular formula is C12H13FN2O3S. The fourth-order valence-corrected chi connectivity index (χ4v) is 3.16. The average Bonchev–Trinajstić information content (AvgIpc) is 2.89. The fraction of sp³-hybridized carbons (Fsp3) is 0.417. The summed E-state index contributed by atoms with van der Waals surface area (Å²) in [4.78, 5) is 21.8. The van der Waals surface area contributed by atoms with E-state index >= 15 is 0 Å². The van der Waals surface area contributed by atoms with Gasteiger partial charge in [-0.2, -0.15) is 11.8 Å². The Morgan fingerprint density at radius 2 is 2.37 bits per heavy atom. The van der Waals surface area contributed by atoms with Crippen molar-refractivity contribution in [2.75, 3.05) is 18.1 Å². The minimum atomic E-state index is -0.746. The summed E-state index contributed by atoms with van der Waals surface area (Å²) in [5, 5.41) is 13.2. The zero-order valence-corrected chi connectivity index (χ0v) is 10.9. The van der Waals surface area contributed by atoms with Gasteiger partial charge in [0.15, 0.2) is 0 Å². The zero-order chi connectivity index (χ0) is 13.8. The third-order valence-corrected chi connectivity index (χ3v) is 4.21. The number of nitro groups is 1. The number of halogens is 1. The first-order valence-corrected chi connectivity index (χ1v) is 7.03. The molecule has 1 heterocycles. The van der Waals surface area contributed by atoms with Crippen molar-refractivity contribution in [3.63, 3.8) is 0 Å². The van der Waals surface area contributed by atoms with Crippen LogP contribution in [0.4, 0.5) is 10.1 Å². The number of nitrogens with one attached hydrogen (secondary N) is 1. The molecule has 5 nitrogen and oxygen atoms in total. The van der Waals surface area contributed by atoms with E-state index in [-0.39, 0.29) is 11.3 Å². The highest BCUT2D eigenvalue weighted by atomic mass is 32.2. The van der Waals surface area contributed by atoms with Crippen molar-refractivity contribution >= 4 is 23.4 Å². The van der Waals surface area contributed by atoms with E-state index in [9.17, 15) is 19.3 Å². The Labute approximate surface area is 113 Å². The van der Waals surface area contributed by atoms with Gasteiger partial charge in [-0.15, -0.1) is 0 Å². The molecule has 102 valence electrons. The van der Waals surface area contributed by atoms with Gasteiger partial charge in [-0.1, -0.05) is 0 Å². The van der Waals surface area contributed by atoms with Crippen LogP contribution < -0.4 is 5.32 Å². The summed E-state index contributed by atoms with van der Waals surface area (Å²) < 4.78 is 13.5. The van der Waals surface area contributed by atoms with Crippen molar-refractivity contribution in [1.82, 2.24) is 5.32 Å². The topological polar surface area (TPSA) is 72.2 Å². The minimum absolute atomic E-state index is 0.278. The number of thioether (sulfide) groups is 1. The number of carbonyl (C=O) groups is 1. The van der Waals surface area contributed by atoms with Crippen molar-refractivity contribution in [2.45, 2.75) is 6.42 Å². The molecule has 0 spiro atoms. The van der Waals surface area contributed by atoms with Gasteiger partial charge in [-0.05, 0) is 29.9 Å². The van der Waals surface area contributed by atoms with E-state index in [0.717, 1.165) is 36.1 Å². The molecule has 0 saturated carbocycles. The molecule has 1 amide bonds. The lowest BCUT2D eigenvalue weighted by Gasteiger charge is -2.10. The fourth-order valence-electron chi connectivity index (χ4n) is 1.88. The molecule has 1 fully saturated rings. The van der Waals surface area contributed by atoms with Crippen LogP contribution >= 0.6 is 11.8 Å². The van der Waals surface area contributed by atoms with Crippen molar-refractivity contribution in [3.8, 4) is 0 Å². The van der Waals surface area contributed by atoms with Gasteiger partial charge in [0.1, 0.15) is 5.82 Å². The van der Waals surface area contributed by atoms with Crippen LogP contribution in [0.15, 0.2) is 18.2 Å². The van der Waals surface area contributed by atoms with Crippen LogP contribution in [0.1, 0.15) is 16.8 Å².